The average molecular weight is 234 g/mol. The molecule has 2 aromatic carbocycles. The van der Waals surface area contributed by atoms with Gasteiger partial charge in [0.2, 0.25) is 5.95 Å². The molecule has 2 aromatic heterocycles. The smallest absolute Gasteiger partial charge is 0.213 e. The zero-order valence-corrected chi connectivity index (χ0v) is 9.54. The zero-order valence-electron chi connectivity index (χ0n) is 9.54. The highest BCUT2D eigenvalue weighted by atomic mass is 15.2. The Morgan fingerprint density at radius 1 is 0.889 bits per heavy atom. The van der Waals surface area contributed by atoms with Gasteiger partial charge in [0.05, 0.1) is 22.1 Å². The number of H-pyrrole nitrogens is 1. The van der Waals surface area contributed by atoms with E-state index in [1.54, 1.807) is 6.33 Å². The van der Waals surface area contributed by atoms with Crippen molar-refractivity contribution in [1.29, 1.82) is 0 Å². The molecule has 0 spiro atoms. The van der Waals surface area contributed by atoms with E-state index in [2.05, 4.69) is 15.0 Å². The first-order chi connectivity index (χ1) is 8.92. The van der Waals surface area contributed by atoms with E-state index in [4.69, 9.17) is 0 Å². The quantitative estimate of drug-likeness (QED) is 0.550. The Morgan fingerprint density at radius 3 is 2.56 bits per heavy atom. The maximum absolute atomic E-state index is 4.57. The molecule has 0 bridgehead atoms. The third kappa shape index (κ3) is 1.26. The molecular formula is C14H10N4. The minimum atomic E-state index is 0.796. The van der Waals surface area contributed by atoms with Crippen molar-refractivity contribution < 1.29 is 0 Å². The first-order valence-electron chi connectivity index (χ1n) is 5.79. The van der Waals surface area contributed by atoms with Gasteiger partial charge in [-0.25, -0.2) is 9.97 Å². The number of para-hydroxylation sites is 4. The molecule has 0 aliphatic rings. The van der Waals surface area contributed by atoms with Crippen LogP contribution in [0.3, 0.4) is 0 Å². The van der Waals surface area contributed by atoms with Gasteiger partial charge in [0.1, 0.15) is 6.33 Å². The molecule has 4 rings (SSSR count). The third-order valence-electron chi connectivity index (χ3n) is 3.06. The van der Waals surface area contributed by atoms with Gasteiger partial charge in [-0.15, -0.1) is 0 Å². The fourth-order valence-corrected chi connectivity index (χ4v) is 2.18. The summed E-state index contributed by atoms with van der Waals surface area (Å²) < 4.78 is 1.97. The summed E-state index contributed by atoms with van der Waals surface area (Å²) in [4.78, 5) is 12.2. The number of hydrogen-bond acceptors (Lipinski definition) is 2. The van der Waals surface area contributed by atoms with Gasteiger partial charge in [0.25, 0.3) is 0 Å². The van der Waals surface area contributed by atoms with Gasteiger partial charge in [-0.2, -0.15) is 0 Å². The van der Waals surface area contributed by atoms with Gasteiger partial charge in [0.15, 0.2) is 0 Å². The van der Waals surface area contributed by atoms with Crippen LogP contribution >= 0.6 is 0 Å². The molecule has 0 saturated heterocycles. The molecule has 0 amide bonds. The highest BCUT2D eigenvalue weighted by Gasteiger charge is 2.07. The van der Waals surface area contributed by atoms with Crippen molar-refractivity contribution in [3.8, 4) is 5.95 Å². The Kier molecular flexibility index (Phi) is 1.80. The van der Waals surface area contributed by atoms with Crippen LogP contribution in [0.25, 0.3) is 28.0 Å². The Morgan fingerprint density at radius 2 is 1.67 bits per heavy atom. The van der Waals surface area contributed by atoms with Crippen molar-refractivity contribution >= 4 is 22.1 Å². The highest BCUT2D eigenvalue weighted by molar-refractivity contribution is 5.79. The van der Waals surface area contributed by atoms with Gasteiger partial charge in [-0.1, -0.05) is 24.3 Å². The van der Waals surface area contributed by atoms with E-state index in [0.717, 1.165) is 28.0 Å². The minimum absolute atomic E-state index is 0.796. The number of aromatic nitrogens is 4. The molecule has 0 fully saturated rings. The van der Waals surface area contributed by atoms with Gasteiger partial charge in [-0.3, -0.25) is 4.57 Å². The van der Waals surface area contributed by atoms with Crippen LogP contribution in [0.4, 0.5) is 0 Å². The Bertz CT molecular complexity index is 808. The number of fused-ring (bicyclic) bond motifs is 2. The van der Waals surface area contributed by atoms with Gasteiger partial charge >= 0.3 is 0 Å². The van der Waals surface area contributed by atoms with E-state index in [-0.39, 0.29) is 0 Å². The van der Waals surface area contributed by atoms with Crippen LogP contribution in [0.15, 0.2) is 54.9 Å². The van der Waals surface area contributed by atoms with Crippen LogP contribution in [0, 0.1) is 0 Å². The molecule has 18 heavy (non-hydrogen) atoms. The van der Waals surface area contributed by atoms with E-state index in [0.29, 0.717) is 0 Å². The van der Waals surface area contributed by atoms with Crippen molar-refractivity contribution in [1.82, 2.24) is 19.5 Å². The predicted octanol–water partition coefficient (Wildman–Crippen LogP) is 2.90. The second-order valence-corrected chi connectivity index (χ2v) is 4.18. The van der Waals surface area contributed by atoms with E-state index >= 15 is 0 Å². The molecule has 0 saturated carbocycles. The van der Waals surface area contributed by atoms with Crippen molar-refractivity contribution in [3.63, 3.8) is 0 Å². The van der Waals surface area contributed by atoms with Gasteiger partial charge in [-0.05, 0) is 24.3 Å². The maximum atomic E-state index is 4.57. The molecular weight excluding hydrogens is 224 g/mol. The summed E-state index contributed by atoms with van der Waals surface area (Å²) in [6.45, 7) is 0. The number of nitrogens with zero attached hydrogens (tertiary/aromatic N) is 3. The van der Waals surface area contributed by atoms with Crippen LogP contribution in [-0.2, 0) is 0 Å². The lowest BCUT2D eigenvalue weighted by Crippen LogP contribution is -1.93. The topological polar surface area (TPSA) is 46.5 Å². The molecule has 4 nitrogen and oxygen atoms in total. The van der Waals surface area contributed by atoms with Gasteiger partial charge < -0.3 is 4.98 Å². The number of imidazole rings is 2. The number of benzene rings is 2. The second kappa shape index (κ2) is 3.43. The van der Waals surface area contributed by atoms with Crippen LogP contribution < -0.4 is 0 Å². The van der Waals surface area contributed by atoms with Crippen molar-refractivity contribution in [2.75, 3.05) is 0 Å². The van der Waals surface area contributed by atoms with Gasteiger partial charge in [0, 0.05) is 0 Å². The van der Waals surface area contributed by atoms with E-state index < -0.39 is 0 Å². The predicted molar refractivity (Wildman–Crippen MR) is 70.7 cm³/mol. The molecule has 0 aliphatic carbocycles. The molecule has 4 aromatic rings. The largest absolute Gasteiger partial charge is 0.323 e. The summed E-state index contributed by atoms with van der Waals surface area (Å²) in [5.41, 5.74) is 4.02. The summed E-state index contributed by atoms with van der Waals surface area (Å²) in [6, 6.07) is 16.0. The molecule has 0 unspecified atom stereocenters. The molecule has 0 radical (unpaired) electrons. The minimum Gasteiger partial charge on any atom is -0.323 e. The van der Waals surface area contributed by atoms with Crippen LogP contribution in [0.5, 0.6) is 0 Å². The fraction of sp³-hybridized carbons (Fsp3) is 0. The first kappa shape index (κ1) is 9.41. The Balaban J connectivity index is 2.01. The summed E-state index contributed by atoms with van der Waals surface area (Å²) >= 11 is 0. The van der Waals surface area contributed by atoms with Crippen molar-refractivity contribution in [3.05, 3.63) is 54.9 Å². The van der Waals surface area contributed by atoms with E-state index in [1.165, 1.54) is 0 Å². The summed E-state index contributed by atoms with van der Waals surface area (Å²) in [6.07, 6.45) is 1.79. The average Bonchev–Trinajstić information content (AvgIpc) is 3.02. The Labute approximate surface area is 103 Å². The standard InChI is InChI=1S/C14H10N4/c1-2-6-11-10(5-1)16-14(17-11)18-9-15-12-7-3-4-8-13(12)18/h1-9H,(H,16,17). The number of nitrogens with one attached hydrogen (secondary N) is 1. The molecule has 4 heteroatoms. The summed E-state index contributed by atoms with van der Waals surface area (Å²) in [7, 11) is 0. The summed E-state index contributed by atoms with van der Waals surface area (Å²) in [5.74, 6) is 0.796. The number of hydrogen-bond donors (Lipinski definition) is 1. The SMILES string of the molecule is c1ccc2[nH]c(-n3cnc4ccccc43)nc2c1. The zero-order chi connectivity index (χ0) is 11.9. The Hall–Kier alpha value is -2.62. The number of aromatic amines is 1. The normalized spacial score (nSPS) is 11.3. The first-order valence-corrected chi connectivity index (χ1v) is 5.79. The molecule has 0 aliphatic heterocycles. The lowest BCUT2D eigenvalue weighted by atomic mass is 10.3. The second-order valence-electron chi connectivity index (χ2n) is 4.18. The number of rotatable bonds is 1. The maximum Gasteiger partial charge on any atom is 0.213 e. The van der Waals surface area contributed by atoms with Crippen LogP contribution in [0.2, 0.25) is 0 Å². The monoisotopic (exact) mass is 234 g/mol. The highest BCUT2D eigenvalue weighted by Crippen LogP contribution is 2.18. The van der Waals surface area contributed by atoms with Crippen LogP contribution in [-0.4, -0.2) is 19.5 Å². The van der Waals surface area contributed by atoms with Crippen molar-refractivity contribution in [2.24, 2.45) is 0 Å². The van der Waals surface area contributed by atoms with Crippen molar-refractivity contribution in [2.45, 2.75) is 0 Å². The van der Waals surface area contributed by atoms with E-state index in [9.17, 15) is 0 Å². The lowest BCUT2D eigenvalue weighted by molar-refractivity contribution is 0.996. The van der Waals surface area contributed by atoms with E-state index in [1.807, 2.05) is 53.1 Å². The fourth-order valence-electron chi connectivity index (χ4n) is 2.18. The summed E-state index contributed by atoms with van der Waals surface area (Å²) in [5, 5.41) is 0. The molecule has 2 heterocycles. The molecule has 0 atom stereocenters. The third-order valence-corrected chi connectivity index (χ3v) is 3.06. The lowest BCUT2D eigenvalue weighted by Gasteiger charge is -1.97. The molecule has 1 N–H and O–H groups in total. The molecule has 86 valence electrons. The van der Waals surface area contributed by atoms with Crippen LogP contribution in [0.1, 0.15) is 0 Å².